The van der Waals surface area contributed by atoms with Gasteiger partial charge < -0.3 is 30.6 Å². The highest BCUT2D eigenvalue weighted by molar-refractivity contribution is 5.86. The summed E-state index contributed by atoms with van der Waals surface area (Å²) in [5.41, 5.74) is 14.0. The van der Waals surface area contributed by atoms with E-state index in [0.29, 0.717) is 47.1 Å². The minimum Gasteiger partial charge on any atom is -0.497 e. The molecule has 0 radical (unpaired) electrons. The number of methoxy groups -OCH3 is 1. The summed E-state index contributed by atoms with van der Waals surface area (Å²) in [6, 6.07) is 9.24. The number of nitrogen functional groups attached to an aromatic ring is 1. The van der Waals surface area contributed by atoms with E-state index in [9.17, 15) is 5.11 Å². The highest BCUT2D eigenvalue weighted by Gasteiger charge is 2.22. The molecule has 1 atom stereocenters. The number of nitrogens with zero attached hydrogens (tertiary/aromatic N) is 5. The maximum absolute atomic E-state index is 10.1. The number of anilines is 1. The van der Waals surface area contributed by atoms with Gasteiger partial charge in [0.05, 0.1) is 12.6 Å². The van der Waals surface area contributed by atoms with E-state index in [0.717, 1.165) is 11.3 Å². The van der Waals surface area contributed by atoms with Gasteiger partial charge in [-0.05, 0) is 61.1 Å². The first-order valence-electron chi connectivity index (χ1n) is 11.4. The molecule has 0 aliphatic heterocycles. The van der Waals surface area contributed by atoms with E-state index in [1.54, 1.807) is 27.0 Å². The number of pyridine rings is 1. The number of ether oxygens (including phenoxy) is 2. The lowest BCUT2D eigenvalue weighted by molar-refractivity contribution is 0.143. The normalized spacial score (nSPS) is 12.3. The van der Waals surface area contributed by atoms with Crippen LogP contribution in [0.1, 0.15) is 32.0 Å². The van der Waals surface area contributed by atoms with Gasteiger partial charge in [-0.2, -0.15) is 0 Å². The minimum atomic E-state index is -1.22. The lowest BCUT2D eigenvalue weighted by atomic mass is 10.1. The number of aryl methyl sites for hydroxylation is 1. The second-order valence-corrected chi connectivity index (χ2v) is 8.79. The minimum absolute atomic E-state index is 0.123. The van der Waals surface area contributed by atoms with Gasteiger partial charge in [0.1, 0.15) is 29.2 Å². The maximum atomic E-state index is 10.1. The van der Waals surface area contributed by atoms with Crippen molar-refractivity contribution in [1.29, 1.82) is 0 Å². The van der Waals surface area contributed by atoms with Crippen LogP contribution >= 0.6 is 0 Å². The third-order valence-electron chi connectivity index (χ3n) is 5.34. The van der Waals surface area contributed by atoms with Gasteiger partial charge in [0.15, 0.2) is 17.3 Å². The van der Waals surface area contributed by atoms with E-state index in [4.69, 9.17) is 25.6 Å². The molecule has 36 heavy (non-hydrogen) atoms. The Hall–Kier alpha value is -4.14. The van der Waals surface area contributed by atoms with Crippen molar-refractivity contribution in [2.24, 2.45) is 5.73 Å². The van der Waals surface area contributed by atoms with Crippen LogP contribution in [0, 0.1) is 11.8 Å². The first-order valence-corrected chi connectivity index (χ1v) is 11.4. The molecule has 0 saturated heterocycles. The largest absolute Gasteiger partial charge is 0.497 e. The molecule has 188 valence electrons. The zero-order valence-electron chi connectivity index (χ0n) is 20.6. The molecule has 5 N–H and O–H groups in total. The lowest BCUT2D eigenvalue weighted by Crippen LogP contribution is -2.30. The average Bonchev–Trinajstić information content (AvgIpc) is 3.43. The number of fused-ring (bicyclic) bond motifs is 1. The zero-order valence-corrected chi connectivity index (χ0v) is 20.6. The molecule has 3 aromatic heterocycles. The van der Waals surface area contributed by atoms with Crippen molar-refractivity contribution >= 4 is 16.9 Å². The molecule has 3 heterocycles. The number of hydrogen-bond donors (Lipinski definition) is 3. The molecule has 0 saturated carbocycles. The summed E-state index contributed by atoms with van der Waals surface area (Å²) in [7, 11) is 1.63. The van der Waals surface area contributed by atoms with Crippen molar-refractivity contribution in [2.75, 3.05) is 19.5 Å². The molecule has 0 fully saturated rings. The van der Waals surface area contributed by atoms with E-state index < -0.39 is 5.60 Å². The quantitative estimate of drug-likeness (QED) is 0.312. The van der Waals surface area contributed by atoms with Crippen molar-refractivity contribution < 1.29 is 19.2 Å². The fraction of sp³-hybridized carbons (Fsp3) is 0.360. The van der Waals surface area contributed by atoms with Crippen LogP contribution in [0.2, 0.25) is 0 Å². The molecule has 0 aliphatic carbocycles. The monoisotopic (exact) mass is 491 g/mol. The Kier molecular flexibility index (Phi) is 7.10. The van der Waals surface area contributed by atoms with Gasteiger partial charge in [-0.15, -0.1) is 0 Å². The molecule has 4 rings (SSSR count). The third-order valence-corrected chi connectivity index (χ3v) is 5.34. The topological polar surface area (TPSA) is 160 Å². The van der Waals surface area contributed by atoms with Gasteiger partial charge in [0.2, 0.25) is 5.88 Å². The highest BCUT2D eigenvalue weighted by Crippen LogP contribution is 2.30. The SMILES string of the molecule is CCn1c(-c2nonc2N)nc2c(C#CC(C)(C)O)nc(OC[C@@H](N)Cc3ccc(OC)cc3)cc21. The number of aliphatic hydroxyl groups is 1. The van der Waals surface area contributed by atoms with Crippen LogP contribution in [0.15, 0.2) is 35.0 Å². The van der Waals surface area contributed by atoms with Gasteiger partial charge in [-0.25, -0.2) is 14.6 Å². The van der Waals surface area contributed by atoms with Crippen molar-refractivity contribution in [1.82, 2.24) is 24.8 Å². The second-order valence-electron chi connectivity index (χ2n) is 8.79. The van der Waals surface area contributed by atoms with E-state index >= 15 is 0 Å². The first-order chi connectivity index (χ1) is 17.2. The molecule has 0 aliphatic rings. The molecular weight excluding hydrogens is 462 g/mol. The molecule has 0 unspecified atom stereocenters. The summed E-state index contributed by atoms with van der Waals surface area (Å²) in [6.45, 7) is 5.93. The number of imidazole rings is 1. The molecule has 0 bridgehead atoms. The van der Waals surface area contributed by atoms with Crippen molar-refractivity contribution in [3.8, 4) is 35.0 Å². The number of rotatable bonds is 8. The van der Waals surface area contributed by atoms with Crippen LogP contribution in [-0.4, -0.2) is 55.3 Å². The summed E-state index contributed by atoms with van der Waals surface area (Å²) in [4.78, 5) is 9.23. The van der Waals surface area contributed by atoms with Crippen molar-refractivity contribution in [3.63, 3.8) is 0 Å². The predicted octanol–water partition coefficient (Wildman–Crippen LogP) is 2.16. The predicted molar refractivity (Wildman–Crippen MR) is 134 cm³/mol. The lowest BCUT2D eigenvalue weighted by Gasteiger charge is -2.14. The first kappa shape index (κ1) is 25.0. The highest BCUT2D eigenvalue weighted by atomic mass is 16.6. The molecule has 4 aromatic rings. The van der Waals surface area contributed by atoms with Gasteiger partial charge in [0, 0.05) is 18.7 Å². The number of aromatic nitrogens is 5. The van der Waals surface area contributed by atoms with Crippen LogP contribution < -0.4 is 20.9 Å². The van der Waals surface area contributed by atoms with Crippen LogP contribution in [0.25, 0.3) is 22.6 Å². The Morgan fingerprint density at radius 1 is 1.19 bits per heavy atom. The van der Waals surface area contributed by atoms with Crippen LogP contribution in [0.4, 0.5) is 5.82 Å². The molecule has 11 nitrogen and oxygen atoms in total. The number of hydrogen-bond acceptors (Lipinski definition) is 10. The van der Waals surface area contributed by atoms with Crippen LogP contribution in [-0.2, 0) is 13.0 Å². The van der Waals surface area contributed by atoms with E-state index in [1.807, 2.05) is 35.8 Å². The summed E-state index contributed by atoms with van der Waals surface area (Å²) in [5, 5.41) is 17.7. The summed E-state index contributed by atoms with van der Waals surface area (Å²) in [6.07, 6.45) is 0.618. The molecule has 0 spiro atoms. The van der Waals surface area contributed by atoms with E-state index in [2.05, 4.69) is 32.1 Å². The number of benzene rings is 1. The Bertz CT molecular complexity index is 1410. The summed E-state index contributed by atoms with van der Waals surface area (Å²) < 4.78 is 17.8. The van der Waals surface area contributed by atoms with Crippen LogP contribution in [0.5, 0.6) is 11.6 Å². The summed E-state index contributed by atoms with van der Waals surface area (Å²) in [5.74, 6) is 7.43. The van der Waals surface area contributed by atoms with Crippen LogP contribution in [0.3, 0.4) is 0 Å². The Balaban J connectivity index is 1.67. The average molecular weight is 492 g/mol. The van der Waals surface area contributed by atoms with Gasteiger partial charge in [0.25, 0.3) is 0 Å². The second kappa shape index (κ2) is 10.2. The van der Waals surface area contributed by atoms with Crippen molar-refractivity contribution in [3.05, 3.63) is 41.6 Å². The van der Waals surface area contributed by atoms with Crippen molar-refractivity contribution in [2.45, 2.75) is 45.4 Å². The zero-order chi connectivity index (χ0) is 25.9. The fourth-order valence-electron chi connectivity index (χ4n) is 3.64. The van der Waals surface area contributed by atoms with E-state index in [-0.39, 0.29) is 18.5 Å². The molecule has 0 amide bonds. The molecule has 11 heteroatoms. The Morgan fingerprint density at radius 2 is 1.94 bits per heavy atom. The molecular formula is C25H29N7O4. The van der Waals surface area contributed by atoms with Gasteiger partial charge in [-0.3, -0.25) is 0 Å². The standard InChI is InChI=1S/C25H29N7O4/c1-5-32-19-13-20(35-14-16(26)12-15-6-8-17(34-4)9-7-15)28-18(10-11-25(2,3)33)21(19)29-24(32)22-23(27)31-36-30-22/h6-9,13,16,33H,5,12,14,26H2,1-4H3,(H2,27,31)/t16-/m0/s1. The Morgan fingerprint density at radius 3 is 2.56 bits per heavy atom. The van der Waals surface area contributed by atoms with E-state index in [1.165, 1.54) is 0 Å². The smallest absolute Gasteiger partial charge is 0.216 e. The summed E-state index contributed by atoms with van der Waals surface area (Å²) >= 11 is 0. The molecule has 1 aromatic carbocycles. The fourth-order valence-corrected chi connectivity index (χ4v) is 3.64. The van der Waals surface area contributed by atoms with Gasteiger partial charge in [-0.1, -0.05) is 18.1 Å². The van der Waals surface area contributed by atoms with Gasteiger partial charge >= 0.3 is 0 Å². The number of nitrogens with two attached hydrogens (primary N) is 2. The Labute approximate surface area is 208 Å². The maximum Gasteiger partial charge on any atom is 0.216 e. The third kappa shape index (κ3) is 5.56.